The summed E-state index contributed by atoms with van der Waals surface area (Å²) in [5, 5.41) is 1.19. The van der Waals surface area contributed by atoms with Crippen molar-refractivity contribution in [2.24, 2.45) is 0 Å². The predicted molar refractivity (Wildman–Crippen MR) is 76.1 cm³/mol. The molecule has 0 aliphatic carbocycles. The number of benzene rings is 2. The molecule has 0 radical (unpaired) electrons. The van der Waals surface area contributed by atoms with E-state index in [0.29, 0.717) is 10.6 Å². The van der Waals surface area contributed by atoms with Crippen LogP contribution in [0.5, 0.6) is 0 Å². The lowest BCUT2D eigenvalue weighted by Crippen LogP contribution is -1.99. The zero-order valence-electron chi connectivity index (χ0n) is 9.99. The van der Waals surface area contributed by atoms with Crippen molar-refractivity contribution in [3.8, 4) is 0 Å². The molecular formula is C15H7Cl2FO2. The lowest BCUT2D eigenvalue weighted by molar-refractivity contribution is 0.101. The van der Waals surface area contributed by atoms with Gasteiger partial charge in [-0.25, -0.2) is 4.39 Å². The molecule has 1 aromatic heterocycles. The van der Waals surface area contributed by atoms with Gasteiger partial charge in [-0.2, -0.15) is 0 Å². The molecule has 0 fully saturated rings. The Morgan fingerprint density at radius 2 is 1.85 bits per heavy atom. The maximum Gasteiger partial charge on any atom is 0.228 e. The second-order valence-electron chi connectivity index (χ2n) is 4.25. The average Bonchev–Trinajstić information content (AvgIpc) is 2.84. The molecule has 0 saturated carbocycles. The molecule has 0 amide bonds. The summed E-state index contributed by atoms with van der Waals surface area (Å²) in [5.41, 5.74) is 0.826. The largest absolute Gasteiger partial charge is 0.453 e. The molecule has 0 N–H and O–H groups in total. The summed E-state index contributed by atoms with van der Waals surface area (Å²) in [7, 11) is 0. The van der Waals surface area contributed by atoms with E-state index in [9.17, 15) is 9.18 Å². The van der Waals surface area contributed by atoms with Crippen molar-refractivity contribution in [1.29, 1.82) is 0 Å². The van der Waals surface area contributed by atoms with Crippen molar-refractivity contribution in [3.05, 3.63) is 69.7 Å². The van der Waals surface area contributed by atoms with Gasteiger partial charge in [0.05, 0.1) is 5.02 Å². The highest BCUT2D eigenvalue weighted by atomic mass is 35.5. The molecule has 2 nitrogen and oxygen atoms in total. The van der Waals surface area contributed by atoms with Gasteiger partial charge in [0, 0.05) is 16.0 Å². The van der Waals surface area contributed by atoms with Gasteiger partial charge in [0.2, 0.25) is 5.78 Å². The van der Waals surface area contributed by atoms with Gasteiger partial charge in [-0.05, 0) is 42.5 Å². The van der Waals surface area contributed by atoms with Gasteiger partial charge in [0.25, 0.3) is 0 Å². The molecule has 100 valence electrons. The summed E-state index contributed by atoms with van der Waals surface area (Å²) in [5.74, 6) is -0.774. The maximum absolute atomic E-state index is 13.1. The number of furan rings is 1. The Morgan fingerprint density at radius 1 is 1.05 bits per heavy atom. The highest BCUT2D eigenvalue weighted by molar-refractivity contribution is 6.31. The lowest BCUT2D eigenvalue weighted by Gasteiger charge is -1.99. The van der Waals surface area contributed by atoms with Crippen LogP contribution in [-0.2, 0) is 0 Å². The average molecular weight is 309 g/mol. The second-order valence-corrected chi connectivity index (χ2v) is 5.09. The van der Waals surface area contributed by atoms with Gasteiger partial charge in [-0.1, -0.05) is 23.2 Å². The Labute approximate surface area is 123 Å². The fraction of sp³-hybridized carbons (Fsp3) is 0. The van der Waals surface area contributed by atoms with Gasteiger partial charge >= 0.3 is 0 Å². The Hall–Kier alpha value is -1.84. The van der Waals surface area contributed by atoms with Crippen LogP contribution in [0.15, 0.2) is 46.9 Å². The van der Waals surface area contributed by atoms with E-state index in [0.717, 1.165) is 11.5 Å². The van der Waals surface area contributed by atoms with E-state index in [2.05, 4.69) is 0 Å². The minimum absolute atomic E-state index is 0.102. The SMILES string of the molecule is O=C(c1ccc(F)c(Cl)c1)c1cc2cc(Cl)ccc2o1. The van der Waals surface area contributed by atoms with Crippen LogP contribution in [0, 0.1) is 5.82 Å². The number of ketones is 1. The fourth-order valence-corrected chi connectivity index (χ4v) is 2.27. The summed E-state index contributed by atoms with van der Waals surface area (Å²) in [6.45, 7) is 0. The summed E-state index contributed by atoms with van der Waals surface area (Å²) in [4.78, 5) is 12.3. The number of carbonyl (C=O) groups is 1. The Kier molecular flexibility index (Phi) is 3.24. The Bertz CT molecular complexity index is 824. The smallest absolute Gasteiger partial charge is 0.228 e. The number of rotatable bonds is 2. The normalized spacial score (nSPS) is 10.9. The van der Waals surface area contributed by atoms with E-state index in [-0.39, 0.29) is 22.1 Å². The van der Waals surface area contributed by atoms with Crippen LogP contribution in [0.1, 0.15) is 16.1 Å². The number of fused-ring (bicyclic) bond motifs is 1. The predicted octanol–water partition coefficient (Wildman–Crippen LogP) is 5.11. The molecule has 0 aliphatic heterocycles. The summed E-state index contributed by atoms with van der Waals surface area (Å²) in [6.07, 6.45) is 0. The Morgan fingerprint density at radius 3 is 2.60 bits per heavy atom. The fourth-order valence-electron chi connectivity index (χ4n) is 1.91. The third-order valence-corrected chi connectivity index (χ3v) is 3.41. The first-order valence-corrected chi connectivity index (χ1v) is 6.49. The Balaban J connectivity index is 2.05. The minimum atomic E-state index is -0.570. The highest BCUT2D eigenvalue weighted by Crippen LogP contribution is 2.25. The first-order chi connectivity index (χ1) is 9.54. The van der Waals surface area contributed by atoms with Crippen LogP contribution in [0.3, 0.4) is 0 Å². The maximum atomic E-state index is 13.1. The van der Waals surface area contributed by atoms with Crippen LogP contribution in [-0.4, -0.2) is 5.78 Å². The van der Waals surface area contributed by atoms with Crippen molar-refractivity contribution in [2.75, 3.05) is 0 Å². The number of hydrogen-bond donors (Lipinski definition) is 0. The van der Waals surface area contributed by atoms with Crippen LogP contribution >= 0.6 is 23.2 Å². The molecule has 0 bridgehead atoms. The van der Waals surface area contributed by atoms with Gasteiger partial charge in [0.15, 0.2) is 5.76 Å². The lowest BCUT2D eigenvalue weighted by atomic mass is 10.1. The van der Waals surface area contributed by atoms with Gasteiger partial charge in [-0.15, -0.1) is 0 Å². The van der Waals surface area contributed by atoms with Gasteiger partial charge in [0.1, 0.15) is 11.4 Å². The number of carbonyl (C=O) groups excluding carboxylic acids is 1. The van der Waals surface area contributed by atoms with Gasteiger partial charge < -0.3 is 4.42 Å². The molecule has 0 spiro atoms. The standard InChI is InChI=1S/C15H7Cl2FO2/c16-10-2-4-13-9(5-10)7-14(20-13)15(19)8-1-3-12(18)11(17)6-8/h1-7H. The van der Waals surface area contributed by atoms with Crippen LogP contribution < -0.4 is 0 Å². The van der Waals surface area contributed by atoms with E-state index >= 15 is 0 Å². The molecule has 3 aromatic rings. The molecule has 1 heterocycles. The van der Waals surface area contributed by atoms with E-state index in [1.54, 1.807) is 24.3 Å². The van der Waals surface area contributed by atoms with E-state index in [1.165, 1.54) is 12.1 Å². The third kappa shape index (κ3) is 2.30. The zero-order valence-corrected chi connectivity index (χ0v) is 11.5. The van der Waals surface area contributed by atoms with E-state index in [1.807, 2.05) is 0 Å². The molecule has 20 heavy (non-hydrogen) atoms. The van der Waals surface area contributed by atoms with Crippen molar-refractivity contribution in [2.45, 2.75) is 0 Å². The molecule has 0 unspecified atom stereocenters. The second kappa shape index (κ2) is 4.93. The van der Waals surface area contributed by atoms with Crippen LogP contribution in [0.4, 0.5) is 4.39 Å². The summed E-state index contributed by atoms with van der Waals surface area (Å²) in [6, 6.07) is 10.5. The summed E-state index contributed by atoms with van der Waals surface area (Å²) < 4.78 is 18.6. The molecule has 3 rings (SSSR count). The molecule has 2 aromatic carbocycles. The molecule has 0 saturated heterocycles. The first kappa shape index (κ1) is 13.2. The topological polar surface area (TPSA) is 30.2 Å². The van der Waals surface area contributed by atoms with E-state index < -0.39 is 5.82 Å². The molecule has 0 atom stereocenters. The van der Waals surface area contributed by atoms with Crippen molar-refractivity contribution in [3.63, 3.8) is 0 Å². The van der Waals surface area contributed by atoms with Crippen molar-refractivity contribution >= 4 is 40.0 Å². The highest BCUT2D eigenvalue weighted by Gasteiger charge is 2.16. The number of hydrogen-bond acceptors (Lipinski definition) is 2. The minimum Gasteiger partial charge on any atom is -0.453 e. The van der Waals surface area contributed by atoms with Crippen LogP contribution in [0.2, 0.25) is 10.0 Å². The molecular weight excluding hydrogens is 302 g/mol. The molecule has 0 aliphatic rings. The quantitative estimate of drug-likeness (QED) is 0.616. The van der Waals surface area contributed by atoms with E-state index in [4.69, 9.17) is 27.6 Å². The first-order valence-electron chi connectivity index (χ1n) is 5.73. The van der Waals surface area contributed by atoms with Crippen molar-refractivity contribution in [1.82, 2.24) is 0 Å². The number of halogens is 3. The molecule has 5 heteroatoms. The van der Waals surface area contributed by atoms with Gasteiger partial charge in [-0.3, -0.25) is 4.79 Å². The van der Waals surface area contributed by atoms with Crippen molar-refractivity contribution < 1.29 is 13.6 Å². The monoisotopic (exact) mass is 308 g/mol. The zero-order chi connectivity index (χ0) is 14.3. The van der Waals surface area contributed by atoms with Crippen LogP contribution in [0.25, 0.3) is 11.0 Å². The summed E-state index contributed by atoms with van der Waals surface area (Å²) >= 11 is 11.5. The third-order valence-electron chi connectivity index (χ3n) is 2.88.